The van der Waals surface area contributed by atoms with E-state index in [0.717, 1.165) is 27.2 Å². The number of fused-ring (bicyclic) bond motifs is 3. The largest absolute Gasteiger partial charge is 0.454 e. The molecule has 1 aromatic heterocycles. The van der Waals surface area contributed by atoms with Crippen molar-refractivity contribution in [1.29, 1.82) is 0 Å². The number of nitrogens with one attached hydrogen (secondary N) is 1. The normalized spacial score (nSPS) is 11.4. The van der Waals surface area contributed by atoms with Gasteiger partial charge in [-0.2, -0.15) is 0 Å². The number of nitrogens with zero attached hydrogens (tertiary/aromatic N) is 1. The maximum atomic E-state index is 12.7. The van der Waals surface area contributed by atoms with Gasteiger partial charge in [-0.1, -0.05) is 72.8 Å². The molecule has 0 atom stereocenters. The summed E-state index contributed by atoms with van der Waals surface area (Å²) in [5.41, 5.74) is 2.37. The molecule has 148 valence electrons. The molecule has 1 heterocycles. The molecule has 0 spiro atoms. The van der Waals surface area contributed by atoms with Gasteiger partial charge in [0.05, 0.1) is 11.2 Å². The minimum Gasteiger partial charge on any atom is -0.454 e. The van der Waals surface area contributed by atoms with Gasteiger partial charge in [-0.05, 0) is 23.1 Å². The lowest BCUT2D eigenvalue weighted by atomic mass is 10.0. The van der Waals surface area contributed by atoms with Crippen LogP contribution >= 0.6 is 0 Å². The highest BCUT2D eigenvalue weighted by atomic mass is 16.5. The van der Waals surface area contributed by atoms with Gasteiger partial charge in [0.1, 0.15) is 12.3 Å². The van der Waals surface area contributed by atoms with Crippen molar-refractivity contribution in [2.45, 2.75) is 13.5 Å². The Bertz CT molecular complexity index is 1260. The molecule has 1 N–H and O–H groups in total. The number of benzene rings is 3. The number of carbonyl (C=O) groups excluding carboxylic acids is 2. The zero-order chi connectivity index (χ0) is 20.9. The van der Waals surface area contributed by atoms with Gasteiger partial charge in [-0.3, -0.25) is 4.79 Å². The van der Waals surface area contributed by atoms with E-state index in [1.807, 2.05) is 78.9 Å². The van der Waals surface area contributed by atoms with E-state index in [4.69, 9.17) is 9.72 Å². The molecule has 1 amide bonds. The summed E-state index contributed by atoms with van der Waals surface area (Å²) in [6.45, 7) is 1.35. The van der Waals surface area contributed by atoms with Crippen LogP contribution in [-0.4, -0.2) is 16.9 Å². The lowest BCUT2D eigenvalue weighted by molar-refractivity contribution is -0.141. The summed E-state index contributed by atoms with van der Waals surface area (Å²) in [4.78, 5) is 29.0. The van der Waals surface area contributed by atoms with Crippen LogP contribution in [0.4, 0.5) is 0 Å². The number of carbonyl (C=O) groups is 2. The number of pyridine rings is 1. The molecule has 4 rings (SSSR count). The average Bonchev–Trinajstić information content (AvgIpc) is 2.77. The summed E-state index contributed by atoms with van der Waals surface area (Å²) < 4.78 is 5.54. The van der Waals surface area contributed by atoms with Crippen molar-refractivity contribution in [3.05, 3.63) is 95.8 Å². The summed E-state index contributed by atoms with van der Waals surface area (Å²) >= 11 is 0. The minimum absolute atomic E-state index is 0.00407. The summed E-state index contributed by atoms with van der Waals surface area (Å²) in [5.74, 6) is -0.962. The average molecular weight is 396 g/mol. The van der Waals surface area contributed by atoms with Crippen LogP contribution in [0.5, 0.6) is 0 Å². The number of amides is 1. The third kappa shape index (κ3) is 4.20. The number of esters is 1. The van der Waals surface area contributed by atoms with Crippen LogP contribution in [0.3, 0.4) is 0 Å². The molecule has 30 heavy (non-hydrogen) atoms. The van der Waals surface area contributed by atoms with E-state index in [2.05, 4.69) is 5.32 Å². The van der Waals surface area contributed by atoms with Gasteiger partial charge >= 0.3 is 5.97 Å². The Balaban J connectivity index is 1.64. The summed E-state index contributed by atoms with van der Waals surface area (Å²) in [7, 11) is 0. The molecule has 0 saturated carbocycles. The second-order valence-electron chi connectivity index (χ2n) is 6.85. The molecular weight excluding hydrogens is 376 g/mol. The molecular formula is C25H20N2O3. The minimum atomic E-state index is -0.618. The Kier molecular flexibility index (Phi) is 5.52. The predicted molar refractivity (Wildman–Crippen MR) is 117 cm³/mol. The number of hydrogen-bond acceptors (Lipinski definition) is 4. The van der Waals surface area contributed by atoms with E-state index >= 15 is 0 Å². The van der Waals surface area contributed by atoms with Crippen LogP contribution in [0, 0.1) is 0 Å². The number of rotatable bonds is 5. The highest BCUT2D eigenvalue weighted by molar-refractivity contribution is 6.06. The van der Waals surface area contributed by atoms with Crippen LogP contribution in [0.1, 0.15) is 18.2 Å². The Morgan fingerprint density at radius 2 is 1.50 bits per heavy atom. The van der Waals surface area contributed by atoms with Crippen molar-refractivity contribution in [2.24, 2.45) is 0 Å². The summed E-state index contributed by atoms with van der Waals surface area (Å²) in [6, 6.07) is 25.0. The number of aromatic nitrogens is 1. The zero-order valence-electron chi connectivity index (χ0n) is 16.5. The van der Waals surface area contributed by atoms with E-state index in [0.29, 0.717) is 5.69 Å². The van der Waals surface area contributed by atoms with Crippen LogP contribution < -0.4 is 5.32 Å². The Hall–Kier alpha value is -3.99. The van der Waals surface area contributed by atoms with Crippen molar-refractivity contribution in [2.75, 3.05) is 0 Å². The van der Waals surface area contributed by atoms with Crippen LogP contribution in [-0.2, 0) is 20.9 Å². The van der Waals surface area contributed by atoms with Gasteiger partial charge in [0.15, 0.2) is 0 Å². The van der Waals surface area contributed by atoms with E-state index < -0.39 is 5.97 Å². The first-order chi connectivity index (χ1) is 14.6. The van der Waals surface area contributed by atoms with Crippen molar-refractivity contribution >= 4 is 39.6 Å². The van der Waals surface area contributed by atoms with Gasteiger partial charge in [-0.15, -0.1) is 0 Å². The fourth-order valence-corrected chi connectivity index (χ4v) is 3.35. The maximum absolute atomic E-state index is 12.7. The highest BCUT2D eigenvalue weighted by Crippen LogP contribution is 2.26. The summed E-state index contributed by atoms with van der Waals surface area (Å²) in [6.07, 6.45) is 1.59. The van der Waals surface area contributed by atoms with E-state index in [-0.39, 0.29) is 18.2 Å². The van der Waals surface area contributed by atoms with Crippen LogP contribution in [0.15, 0.2) is 84.6 Å². The molecule has 0 fully saturated rings. The van der Waals surface area contributed by atoms with Gasteiger partial charge in [0, 0.05) is 17.7 Å². The van der Waals surface area contributed by atoms with E-state index in [9.17, 15) is 9.59 Å². The maximum Gasteiger partial charge on any atom is 0.355 e. The van der Waals surface area contributed by atoms with Gasteiger partial charge in [0.25, 0.3) is 0 Å². The number of para-hydroxylation sites is 1. The molecule has 0 unspecified atom stereocenters. The van der Waals surface area contributed by atoms with Crippen molar-refractivity contribution in [1.82, 2.24) is 10.3 Å². The van der Waals surface area contributed by atoms with Crippen LogP contribution in [0.25, 0.3) is 27.8 Å². The number of hydrogen-bond donors (Lipinski definition) is 1. The molecule has 5 nitrogen and oxygen atoms in total. The third-order valence-electron chi connectivity index (χ3n) is 4.67. The molecule has 4 aromatic rings. The third-order valence-corrected chi connectivity index (χ3v) is 4.67. The van der Waals surface area contributed by atoms with Crippen molar-refractivity contribution in [3.8, 4) is 0 Å². The Morgan fingerprint density at radius 3 is 2.23 bits per heavy atom. The van der Waals surface area contributed by atoms with Crippen LogP contribution in [0.2, 0.25) is 0 Å². The molecule has 0 aliphatic rings. The van der Waals surface area contributed by atoms with Crippen molar-refractivity contribution < 1.29 is 14.3 Å². The second-order valence-corrected chi connectivity index (χ2v) is 6.85. The Labute approximate surface area is 174 Å². The van der Waals surface area contributed by atoms with Crippen molar-refractivity contribution in [3.63, 3.8) is 0 Å². The van der Waals surface area contributed by atoms with Gasteiger partial charge < -0.3 is 10.1 Å². The number of ether oxygens (including phenoxy) is 1. The summed E-state index contributed by atoms with van der Waals surface area (Å²) in [5, 5.41) is 5.59. The SMILES string of the molecule is CC(=O)N/C(=C/c1ccccc1)C(=O)OCc1nc2ccccc2c2ccccc12. The Morgan fingerprint density at radius 1 is 0.867 bits per heavy atom. The molecule has 5 heteroatoms. The zero-order valence-corrected chi connectivity index (χ0v) is 16.5. The first-order valence-electron chi connectivity index (χ1n) is 9.59. The van der Waals surface area contributed by atoms with Gasteiger partial charge in [0.2, 0.25) is 5.91 Å². The standard InChI is InChI=1S/C25H20N2O3/c1-17(28)26-23(15-18-9-3-2-4-10-18)25(29)30-16-24-21-13-6-5-11-19(21)20-12-7-8-14-22(20)27-24/h2-15H,16H2,1H3,(H,26,28)/b23-15+. The first-order valence-corrected chi connectivity index (χ1v) is 9.59. The van der Waals surface area contributed by atoms with E-state index in [1.165, 1.54) is 6.92 Å². The topological polar surface area (TPSA) is 68.3 Å². The quantitative estimate of drug-likeness (QED) is 0.304. The molecule has 0 aliphatic heterocycles. The molecule has 0 bridgehead atoms. The molecule has 0 radical (unpaired) electrons. The lowest BCUT2D eigenvalue weighted by Gasteiger charge is -2.12. The molecule has 0 saturated heterocycles. The van der Waals surface area contributed by atoms with Gasteiger partial charge in [-0.25, -0.2) is 9.78 Å². The second kappa shape index (κ2) is 8.57. The predicted octanol–water partition coefficient (Wildman–Crippen LogP) is 4.61. The first kappa shape index (κ1) is 19.3. The molecule has 0 aliphatic carbocycles. The monoisotopic (exact) mass is 396 g/mol. The fraction of sp³-hybridized carbons (Fsp3) is 0.0800. The highest BCUT2D eigenvalue weighted by Gasteiger charge is 2.15. The molecule has 3 aromatic carbocycles. The van der Waals surface area contributed by atoms with E-state index in [1.54, 1.807) is 6.08 Å². The fourth-order valence-electron chi connectivity index (χ4n) is 3.35. The smallest absolute Gasteiger partial charge is 0.355 e. The lowest BCUT2D eigenvalue weighted by Crippen LogP contribution is -2.26.